The molecule has 0 saturated heterocycles. The molecule has 0 aromatic heterocycles. The Hall–Kier alpha value is -0.970. The molecule has 1 aromatic carbocycles. The third-order valence-corrected chi connectivity index (χ3v) is 1.91. The van der Waals surface area contributed by atoms with Crippen molar-refractivity contribution in [2.24, 2.45) is 0 Å². The number of hydrogen-bond acceptors (Lipinski definition) is 1. The SMILES string of the molecule is O=S(Nc1ccccc1)C(F)F. The Labute approximate surface area is 71.2 Å². The third-order valence-electron chi connectivity index (χ3n) is 1.15. The van der Waals surface area contributed by atoms with Crippen LogP contribution in [-0.4, -0.2) is 9.97 Å². The summed E-state index contributed by atoms with van der Waals surface area (Å²) in [5.74, 6) is -2.86. The quantitative estimate of drug-likeness (QED) is 0.777. The summed E-state index contributed by atoms with van der Waals surface area (Å²) in [6.45, 7) is 0. The molecule has 0 radical (unpaired) electrons. The summed E-state index contributed by atoms with van der Waals surface area (Å²) < 4.78 is 36.2. The molecule has 0 aliphatic rings. The van der Waals surface area contributed by atoms with Gasteiger partial charge in [-0.05, 0) is 12.1 Å². The van der Waals surface area contributed by atoms with E-state index in [1.165, 1.54) is 0 Å². The summed E-state index contributed by atoms with van der Waals surface area (Å²) in [5.41, 5.74) is 0.427. The first-order valence-corrected chi connectivity index (χ1v) is 4.42. The minimum absolute atomic E-state index is 0.427. The van der Waals surface area contributed by atoms with Gasteiger partial charge in [-0.2, -0.15) is 8.78 Å². The zero-order valence-corrected chi connectivity index (χ0v) is 6.85. The molecule has 1 aromatic rings. The van der Waals surface area contributed by atoms with Gasteiger partial charge in [0.15, 0.2) is 11.0 Å². The second-order valence-electron chi connectivity index (χ2n) is 2.03. The molecule has 12 heavy (non-hydrogen) atoms. The highest BCUT2D eigenvalue weighted by Gasteiger charge is 2.11. The lowest BCUT2D eigenvalue weighted by Crippen LogP contribution is -2.11. The van der Waals surface area contributed by atoms with Crippen molar-refractivity contribution in [2.75, 3.05) is 4.72 Å². The molecule has 5 heteroatoms. The van der Waals surface area contributed by atoms with E-state index < -0.39 is 16.7 Å². The van der Waals surface area contributed by atoms with E-state index >= 15 is 0 Å². The topological polar surface area (TPSA) is 29.1 Å². The molecule has 1 atom stereocenters. The third kappa shape index (κ3) is 2.58. The van der Waals surface area contributed by atoms with Crippen LogP contribution in [0, 0.1) is 0 Å². The summed E-state index contributed by atoms with van der Waals surface area (Å²) in [5, 5.41) is 0. The van der Waals surface area contributed by atoms with Gasteiger partial charge in [-0.15, -0.1) is 0 Å². The van der Waals surface area contributed by atoms with E-state index in [1.54, 1.807) is 30.3 Å². The lowest BCUT2D eigenvalue weighted by molar-refractivity contribution is 0.244. The maximum absolute atomic E-state index is 11.8. The number of alkyl halides is 2. The Bertz CT molecular complexity index is 265. The summed E-state index contributed by atoms with van der Waals surface area (Å²) in [7, 11) is -2.31. The van der Waals surface area contributed by atoms with Gasteiger partial charge >= 0.3 is 5.76 Å². The normalized spacial score (nSPS) is 12.9. The van der Waals surface area contributed by atoms with Crippen LogP contribution in [0.2, 0.25) is 0 Å². The predicted molar refractivity (Wildman–Crippen MR) is 44.2 cm³/mol. The van der Waals surface area contributed by atoms with E-state index in [1.807, 2.05) is 0 Å². The van der Waals surface area contributed by atoms with Crippen LogP contribution in [0.15, 0.2) is 30.3 Å². The standard InChI is InChI=1S/C7H7F2NOS/c8-7(9)12(11)10-6-4-2-1-3-5-6/h1-5,7,10H. The fraction of sp³-hybridized carbons (Fsp3) is 0.143. The Balaban J connectivity index is 2.59. The Kier molecular flexibility index (Phi) is 3.16. The first-order valence-electron chi connectivity index (χ1n) is 3.20. The lowest BCUT2D eigenvalue weighted by Gasteiger charge is -2.03. The molecule has 0 heterocycles. The average Bonchev–Trinajstić information content (AvgIpc) is 2.06. The van der Waals surface area contributed by atoms with Crippen LogP contribution < -0.4 is 4.72 Å². The van der Waals surface area contributed by atoms with Gasteiger partial charge in [-0.1, -0.05) is 18.2 Å². The smallest absolute Gasteiger partial charge is 0.300 e. The first kappa shape index (κ1) is 9.12. The molecule has 66 valence electrons. The van der Waals surface area contributed by atoms with Gasteiger partial charge in [0, 0.05) is 5.69 Å². The molecule has 2 nitrogen and oxygen atoms in total. The second kappa shape index (κ2) is 4.15. The van der Waals surface area contributed by atoms with E-state index in [0.717, 1.165) is 0 Å². The molecular weight excluding hydrogens is 184 g/mol. The number of rotatable bonds is 3. The monoisotopic (exact) mass is 191 g/mol. The number of nitrogens with one attached hydrogen (secondary N) is 1. The number of halogens is 2. The first-order chi connectivity index (χ1) is 5.70. The number of anilines is 1. The Morgan fingerprint density at radius 2 is 1.83 bits per heavy atom. The van der Waals surface area contributed by atoms with Crippen molar-refractivity contribution in [1.82, 2.24) is 0 Å². The number of hydrogen-bond donors (Lipinski definition) is 1. The molecule has 1 N–H and O–H groups in total. The van der Waals surface area contributed by atoms with Crippen molar-refractivity contribution >= 4 is 16.7 Å². The molecule has 0 spiro atoms. The van der Waals surface area contributed by atoms with E-state index in [-0.39, 0.29) is 0 Å². The summed E-state index contributed by atoms with van der Waals surface area (Å²) in [6, 6.07) is 8.23. The van der Waals surface area contributed by atoms with Crippen molar-refractivity contribution in [3.05, 3.63) is 30.3 Å². The van der Waals surface area contributed by atoms with Gasteiger partial charge in [0.25, 0.3) is 0 Å². The molecule has 0 saturated carbocycles. The molecule has 0 amide bonds. The van der Waals surface area contributed by atoms with E-state index in [9.17, 15) is 13.0 Å². The van der Waals surface area contributed by atoms with Crippen molar-refractivity contribution in [3.63, 3.8) is 0 Å². The highest BCUT2D eigenvalue weighted by molar-refractivity contribution is 7.86. The summed E-state index contributed by atoms with van der Waals surface area (Å²) in [4.78, 5) is 0. The predicted octanol–water partition coefficient (Wildman–Crippen LogP) is 1.98. The molecule has 0 aliphatic carbocycles. The largest absolute Gasteiger partial charge is 0.330 e. The van der Waals surface area contributed by atoms with Crippen molar-refractivity contribution in [2.45, 2.75) is 5.76 Å². The van der Waals surface area contributed by atoms with Gasteiger partial charge in [-0.3, -0.25) is 0 Å². The maximum Gasteiger partial charge on any atom is 0.330 e. The van der Waals surface area contributed by atoms with E-state index in [2.05, 4.69) is 4.72 Å². The second-order valence-corrected chi connectivity index (χ2v) is 3.18. The summed E-state index contributed by atoms with van der Waals surface area (Å²) >= 11 is 0. The van der Waals surface area contributed by atoms with Crippen molar-refractivity contribution < 1.29 is 13.0 Å². The lowest BCUT2D eigenvalue weighted by atomic mass is 10.3. The van der Waals surface area contributed by atoms with Gasteiger partial charge in [0.2, 0.25) is 0 Å². The number of benzene rings is 1. The Morgan fingerprint density at radius 3 is 2.33 bits per heavy atom. The van der Waals surface area contributed by atoms with E-state index in [0.29, 0.717) is 5.69 Å². The van der Waals surface area contributed by atoms with Gasteiger partial charge < -0.3 is 4.72 Å². The van der Waals surface area contributed by atoms with Crippen LogP contribution in [0.1, 0.15) is 0 Å². The molecule has 0 bridgehead atoms. The van der Waals surface area contributed by atoms with Gasteiger partial charge in [0.1, 0.15) is 0 Å². The van der Waals surface area contributed by atoms with Gasteiger partial charge in [0.05, 0.1) is 0 Å². The fourth-order valence-corrected chi connectivity index (χ4v) is 1.12. The van der Waals surface area contributed by atoms with Crippen LogP contribution >= 0.6 is 0 Å². The molecule has 1 rings (SSSR count). The minimum Gasteiger partial charge on any atom is -0.300 e. The zero-order valence-electron chi connectivity index (χ0n) is 6.04. The zero-order chi connectivity index (χ0) is 8.97. The van der Waals surface area contributed by atoms with Crippen LogP contribution in [-0.2, 0) is 11.0 Å². The molecule has 0 aliphatic heterocycles. The number of para-hydroxylation sites is 1. The molecule has 1 unspecified atom stereocenters. The Morgan fingerprint density at radius 1 is 1.25 bits per heavy atom. The van der Waals surface area contributed by atoms with Crippen LogP contribution in [0.5, 0.6) is 0 Å². The van der Waals surface area contributed by atoms with Crippen LogP contribution in [0.4, 0.5) is 14.5 Å². The van der Waals surface area contributed by atoms with Crippen molar-refractivity contribution in [1.29, 1.82) is 0 Å². The van der Waals surface area contributed by atoms with Crippen LogP contribution in [0.25, 0.3) is 0 Å². The van der Waals surface area contributed by atoms with Gasteiger partial charge in [-0.25, -0.2) is 4.21 Å². The average molecular weight is 191 g/mol. The molecular formula is C7H7F2NOS. The summed E-state index contributed by atoms with van der Waals surface area (Å²) in [6.07, 6.45) is 0. The highest BCUT2D eigenvalue weighted by atomic mass is 32.2. The van der Waals surface area contributed by atoms with Crippen molar-refractivity contribution in [3.8, 4) is 0 Å². The maximum atomic E-state index is 11.8. The fourth-order valence-electron chi connectivity index (χ4n) is 0.667. The highest BCUT2D eigenvalue weighted by Crippen LogP contribution is 2.09. The molecule has 0 fully saturated rings. The van der Waals surface area contributed by atoms with E-state index in [4.69, 9.17) is 0 Å². The van der Waals surface area contributed by atoms with Crippen LogP contribution in [0.3, 0.4) is 0 Å². The minimum atomic E-state index is -2.86.